The number of methoxy groups -OCH3 is 2. The topological polar surface area (TPSA) is 27.7 Å². The van der Waals surface area contributed by atoms with Crippen molar-refractivity contribution in [2.75, 3.05) is 14.2 Å². The maximum absolute atomic E-state index is 6.80. The molecule has 2 aromatic rings. The molecule has 2 aromatic carbocycles. The van der Waals surface area contributed by atoms with E-state index in [1.165, 1.54) is 10.6 Å². The second kappa shape index (κ2) is 10.7. The van der Waals surface area contributed by atoms with Crippen molar-refractivity contribution in [3.8, 4) is 11.5 Å². The predicted molar refractivity (Wildman–Crippen MR) is 129 cm³/mol. The Bertz CT molecular complexity index is 691. The van der Waals surface area contributed by atoms with E-state index in [9.17, 15) is 0 Å². The molecule has 2 rings (SSSR count). The van der Waals surface area contributed by atoms with E-state index in [1.807, 2.05) is 36.0 Å². The maximum atomic E-state index is 6.80. The molecule has 0 aliphatic rings. The molecule has 0 aromatic heterocycles. The largest absolute Gasteiger partial charge is 0.497 e. The maximum Gasteiger partial charge on any atom is 0.118 e. The molecule has 0 aliphatic carbocycles. The number of benzene rings is 2. The van der Waals surface area contributed by atoms with Crippen molar-refractivity contribution in [3.63, 3.8) is 0 Å². The second-order valence-corrected chi connectivity index (χ2v) is 12.3. The van der Waals surface area contributed by atoms with Crippen LogP contribution in [0.2, 0.25) is 0 Å². The van der Waals surface area contributed by atoms with Gasteiger partial charge in [-0.1, -0.05) is 34.6 Å². The van der Waals surface area contributed by atoms with Crippen LogP contribution in [0.15, 0.2) is 48.5 Å². The van der Waals surface area contributed by atoms with E-state index in [2.05, 4.69) is 65.8 Å². The van der Waals surface area contributed by atoms with E-state index in [0.717, 1.165) is 11.5 Å². The highest BCUT2D eigenvalue weighted by Gasteiger charge is 2.30. The van der Waals surface area contributed by atoms with E-state index in [1.54, 1.807) is 14.2 Å². The number of hydrogen-bond donors (Lipinski definition) is 0. The average Bonchev–Trinajstić information content (AvgIpc) is 2.69. The van der Waals surface area contributed by atoms with Gasteiger partial charge in [0.2, 0.25) is 0 Å². The molecular weight excluding hydrogens is 399 g/mol. The molecule has 2 atom stereocenters. The van der Waals surface area contributed by atoms with Crippen LogP contribution in [0.4, 0.5) is 0 Å². The smallest absolute Gasteiger partial charge is 0.118 e. The standard InChI is InChI=1S/C24H35O3PS/c1-17(2)23(29-24(4,5)6)18(3)27-28(21-13-9-19(25-7)10-14-21)22-15-11-20(26-8)12-16-22/h9-18,23H,1-8H3/t18-,23-/m1/s1. The monoisotopic (exact) mass is 434 g/mol. The van der Waals surface area contributed by atoms with Gasteiger partial charge in [-0.3, -0.25) is 0 Å². The van der Waals surface area contributed by atoms with Crippen molar-refractivity contribution in [1.29, 1.82) is 0 Å². The van der Waals surface area contributed by atoms with E-state index in [-0.39, 0.29) is 10.9 Å². The summed E-state index contributed by atoms with van der Waals surface area (Å²) in [4.78, 5) is 0. The van der Waals surface area contributed by atoms with Gasteiger partial charge in [0, 0.05) is 20.6 Å². The van der Waals surface area contributed by atoms with Crippen LogP contribution in [0.3, 0.4) is 0 Å². The normalized spacial score (nSPS) is 14.1. The van der Waals surface area contributed by atoms with Crippen LogP contribution in [0, 0.1) is 5.92 Å². The molecule has 160 valence electrons. The van der Waals surface area contributed by atoms with Gasteiger partial charge in [0.25, 0.3) is 0 Å². The third-order valence-corrected chi connectivity index (χ3v) is 8.48. The fourth-order valence-corrected chi connectivity index (χ4v) is 6.38. The number of hydrogen-bond acceptors (Lipinski definition) is 4. The molecule has 0 fully saturated rings. The van der Waals surface area contributed by atoms with Crippen LogP contribution >= 0.6 is 19.9 Å². The fourth-order valence-electron chi connectivity index (χ4n) is 3.11. The van der Waals surface area contributed by atoms with Gasteiger partial charge in [-0.05, 0) is 61.4 Å². The van der Waals surface area contributed by atoms with E-state index in [4.69, 9.17) is 14.0 Å². The number of rotatable bonds is 9. The van der Waals surface area contributed by atoms with Crippen molar-refractivity contribution >= 4 is 30.5 Å². The molecule has 0 spiro atoms. The van der Waals surface area contributed by atoms with Crippen LogP contribution in [-0.2, 0) is 4.52 Å². The third kappa shape index (κ3) is 7.20. The van der Waals surface area contributed by atoms with Crippen LogP contribution in [-0.4, -0.2) is 30.3 Å². The average molecular weight is 435 g/mol. The fraction of sp³-hybridized carbons (Fsp3) is 0.500. The first-order valence-corrected chi connectivity index (χ1v) is 12.2. The zero-order valence-corrected chi connectivity index (χ0v) is 20.6. The lowest BCUT2D eigenvalue weighted by atomic mass is 10.1. The highest BCUT2D eigenvalue weighted by molar-refractivity contribution is 8.01. The summed E-state index contributed by atoms with van der Waals surface area (Å²) < 4.78 is 17.7. The van der Waals surface area contributed by atoms with Crippen molar-refractivity contribution in [2.24, 2.45) is 5.92 Å². The predicted octanol–water partition coefficient (Wildman–Crippen LogP) is 6.01. The zero-order chi connectivity index (χ0) is 21.6. The van der Waals surface area contributed by atoms with Gasteiger partial charge in [-0.2, -0.15) is 0 Å². The third-order valence-electron chi connectivity index (χ3n) is 4.49. The Balaban J connectivity index is 2.34. The Morgan fingerprint density at radius 1 is 0.759 bits per heavy atom. The van der Waals surface area contributed by atoms with Gasteiger partial charge < -0.3 is 14.0 Å². The summed E-state index contributed by atoms with van der Waals surface area (Å²) in [5.41, 5.74) is 0. The Labute approximate surface area is 182 Å². The van der Waals surface area contributed by atoms with Gasteiger partial charge in [0.05, 0.1) is 28.5 Å². The van der Waals surface area contributed by atoms with Gasteiger partial charge in [-0.25, -0.2) is 0 Å². The molecule has 0 saturated heterocycles. The van der Waals surface area contributed by atoms with Gasteiger partial charge in [0.1, 0.15) is 11.5 Å². The summed E-state index contributed by atoms with van der Waals surface area (Å²) in [7, 11) is 2.43. The van der Waals surface area contributed by atoms with Gasteiger partial charge in [-0.15, -0.1) is 11.8 Å². The van der Waals surface area contributed by atoms with Gasteiger partial charge >= 0.3 is 0 Å². The summed E-state index contributed by atoms with van der Waals surface area (Å²) >= 11 is 2.01. The lowest BCUT2D eigenvalue weighted by molar-refractivity contribution is 0.227. The second-order valence-electron chi connectivity index (χ2n) is 8.44. The molecule has 0 amide bonds. The molecular formula is C24H35O3PS. The van der Waals surface area contributed by atoms with Crippen LogP contribution in [0.25, 0.3) is 0 Å². The quantitative estimate of drug-likeness (QED) is 0.452. The summed E-state index contributed by atoms with van der Waals surface area (Å²) in [6.07, 6.45) is 0.120. The summed E-state index contributed by atoms with van der Waals surface area (Å²) in [5.74, 6) is 2.24. The highest BCUT2D eigenvalue weighted by Crippen LogP contribution is 2.42. The summed E-state index contributed by atoms with van der Waals surface area (Å²) in [6.45, 7) is 13.6. The Hall–Kier alpha value is -1.22. The van der Waals surface area contributed by atoms with Crippen molar-refractivity contribution in [3.05, 3.63) is 48.5 Å². The summed E-state index contributed by atoms with van der Waals surface area (Å²) in [5, 5.41) is 2.78. The molecule has 5 heteroatoms. The first-order chi connectivity index (χ1) is 13.6. The minimum Gasteiger partial charge on any atom is -0.497 e. The Morgan fingerprint density at radius 3 is 1.48 bits per heavy atom. The molecule has 0 bridgehead atoms. The van der Waals surface area contributed by atoms with E-state index < -0.39 is 8.15 Å². The first kappa shape index (κ1) is 24.1. The SMILES string of the molecule is COc1ccc(P(O[C@H](C)[C@H](SC(C)(C)C)C(C)C)c2ccc(OC)cc2)cc1. The highest BCUT2D eigenvalue weighted by atomic mass is 32.2. The van der Waals surface area contributed by atoms with Crippen LogP contribution in [0.5, 0.6) is 11.5 Å². The van der Waals surface area contributed by atoms with Gasteiger partial charge in [0.15, 0.2) is 0 Å². The Morgan fingerprint density at radius 2 is 1.17 bits per heavy atom. The number of thioether (sulfide) groups is 1. The lowest BCUT2D eigenvalue weighted by Crippen LogP contribution is -2.32. The van der Waals surface area contributed by atoms with E-state index >= 15 is 0 Å². The minimum atomic E-state index is -0.948. The van der Waals surface area contributed by atoms with Crippen molar-refractivity contribution < 1.29 is 14.0 Å². The molecule has 29 heavy (non-hydrogen) atoms. The van der Waals surface area contributed by atoms with Crippen LogP contribution in [0.1, 0.15) is 41.5 Å². The molecule has 3 nitrogen and oxygen atoms in total. The first-order valence-electron chi connectivity index (χ1n) is 10.1. The lowest BCUT2D eigenvalue weighted by Gasteiger charge is -2.34. The molecule has 0 radical (unpaired) electrons. The molecule has 0 N–H and O–H groups in total. The summed E-state index contributed by atoms with van der Waals surface area (Å²) in [6, 6.07) is 16.5. The van der Waals surface area contributed by atoms with E-state index in [0.29, 0.717) is 11.2 Å². The molecule has 0 heterocycles. The van der Waals surface area contributed by atoms with Crippen LogP contribution < -0.4 is 20.1 Å². The minimum absolute atomic E-state index is 0.120. The zero-order valence-electron chi connectivity index (χ0n) is 18.9. The Kier molecular flexibility index (Phi) is 8.88. The molecule has 0 aliphatic heterocycles. The number of ether oxygens (including phenoxy) is 2. The van der Waals surface area contributed by atoms with Crippen molar-refractivity contribution in [1.82, 2.24) is 0 Å². The molecule has 0 saturated carbocycles. The van der Waals surface area contributed by atoms with Crippen molar-refractivity contribution in [2.45, 2.75) is 57.6 Å². The molecule has 0 unspecified atom stereocenters.